The summed E-state index contributed by atoms with van der Waals surface area (Å²) in [5.41, 5.74) is 2.91. The van der Waals surface area contributed by atoms with E-state index in [1.165, 1.54) is 0 Å². The average molecular weight is 362 g/mol. The van der Waals surface area contributed by atoms with Crippen molar-refractivity contribution in [3.05, 3.63) is 34.5 Å². The number of aromatic nitrogens is 1. The summed E-state index contributed by atoms with van der Waals surface area (Å²) in [6.07, 6.45) is 3.12. The Labute approximate surface area is 157 Å². The number of halogens is 1. The lowest BCUT2D eigenvalue weighted by Crippen LogP contribution is -2.23. The van der Waals surface area contributed by atoms with Crippen LogP contribution in [0.2, 0.25) is 5.02 Å². The van der Waals surface area contributed by atoms with E-state index in [2.05, 4.69) is 46.5 Å². The maximum Gasteiger partial charge on any atom is 0.145 e. The van der Waals surface area contributed by atoms with E-state index in [1.54, 1.807) is 0 Å². The molecule has 1 unspecified atom stereocenters. The number of phenolic OH excluding ortho intramolecular Hbond substituents is 1. The van der Waals surface area contributed by atoms with Crippen LogP contribution in [0.25, 0.3) is 10.9 Å². The predicted molar refractivity (Wildman–Crippen MR) is 109 cm³/mol. The maximum atomic E-state index is 10.9. The molecule has 0 fully saturated rings. The van der Waals surface area contributed by atoms with Gasteiger partial charge < -0.3 is 5.11 Å². The predicted octanol–water partition coefficient (Wildman–Crippen LogP) is 7.25. The maximum absolute atomic E-state index is 10.9. The van der Waals surface area contributed by atoms with E-state index >= 15 is 0 Å². The molecule has 1 atom stereocenters. The molecule has 138 valence electrons. The topological polar surface area (TPSA) is 33.1 Å². The Morgan fingerprint density at radius 2 is 1.80 bits per heavy atom. The highest BCUT2D eigenvalue weighted by Crippen LogP contribution is 2.45. The Morgan fingerprint density at radius 1 is 1.16 bits per heavy atom. The van der Waals surface area contributed by atoms with Gasteiger partial charge in [-0.1, -0.05) is 53.1 Å². The third kappa shape index (κ3) is 4.88. The molecule has 25 heavy (non-hydrogen) atoms. The van der Waals surface area contributed by atoms with E-state index < -0.39 is 0 Å². The largest absolute Gasteiger partial charge is 0.505 e. The number of aryl methyl sites for hydroxylation is 1. The molecule has 2 rings (SSSR count). The van der Waals surface area contributed by atoms with Crippen molar-refractivity contribution < 1.29 is 5.11 Å². The molecule has 0 saturated carbocycles. The molecule has 1 aromatic carbocycles. The van der Waals surface area contributed by atoms with Crippen molar-refractivity contribution in [1.82, 2.24) is 4.98 Å². The molecule has 0 radical (unpaired) electrons. The van der Waals surface area contributed by atoms with Crippen molar-refractivity contribution in [2.24, 2.45) is 10.8 Å². The van der Waals surface area contributed by atoms with Crippen LogP contribution in [0.5, 0.6) is 5.75 Å². The van der Waals surface area contributed by atoms with Crippen molar-refractivity contribution >= 4 is 22.5 Å². The Balaban J connectivity index is 2.46. The van der Waals surface area contributed by atoms with Crippen LogP contribution in [0.4, 0.5) is 0 Å². The number of hydrogen-bond acceptors (Lipinski definition) is 2. The highest BCUT2D eigenvalue weighted by molar-refractivity contribution is 6.35. The molecule has 0 saturated heterocycles. The van der Waals surface area contributed by atoms with E-state index in [-0.39, 0.29) is 16.7 Å². The van der Waals surface area contributed by atoms with Gasteiger partial charge in [0.25, 0.3) is 0 Å². The molecular formula is C22H32ClNO. The van der Waals surface area contributed by atoms with Gasteiger partial charge in [-0.3, -0.25) is 0 Å². The first-order chi connectivity index (χ1) is 11.4. The minimum absolute atomic E-state index is 0.187. The van der Waals surface area contributed by atoms with Gasteiger partial charge in [-0.2, -0.15) is 0 Å². The van der Waals surface area contributed by atoms with Crippen molar-refractivity contribution in [1.29, 1.82) is 0 Å². The Hall–Kier alpha value is -1.28. The zero-order valence-corrected chi connectivity index (χ0v) is 17.5. The zero-order valence-electron chi connectivity index (χ0n) is 16.7. The van der Waals surface area contributed by atoms with Crippen LogP contribution >= 0.6 is 11.6 Å². The molecule has 1 aromatic heterocycles. The molecule has 0 bridgehead atoms. The summed E-state index contributed by atoms with van der Waals surface area (Å²) in [4.78, 5) is 4.53. The Morgan fingerprint density at radius 3 is 2.36 bits per heavy atom. The van der Waals surface area contributed by atoms with Crippen molar-refractivity contribution in [3.8, 4) is 5.75 Å². The number of benzene rings is 1. The first-order valence-electron chi connectivity index (χ1n) is 9.22. The molecule has 0 aliphatic carbocycles. The van der Waals surface area contributed by atoms with Crippen LogP contribution in [0, 0.1) is 17.8 Å². The molecule has 1 N–H and O–H groups in total. The van der Waals surface area contributed by atoms with E-state index in [1.807, 2.05) is 25.1 Å². The summed E-state index contributed by atoms with van der Waals surface area (Å²) in [6, 6.07) is 5.81. The van der Waals surface area contributed by atoms with Gasteiger partial charge in [0.15, 0.2) is 0 Å². The smallest absolute Gasteiger partial charge is 0.145 e. The van der Waals surface area contributed by atoms with Gasteiger partial charge in [0.05, 0.1) is 5.02 Å². The lowest BCUT2D eigenvalue weighted by molar-refractivity contribution is 0.185. The first kappa shape index (κ1) is 20.0. The summed E-state index contributed by atoms with van der Waals surface area (Å²) in [6.45, 7) is 15.6. The number of hydrogen-bond donors (Lipinski definition) is 1. The molecule has 0 spiro atoms. The fraction of sp³-hybridized carbons (Fsp3) is 0.591. The lowest BCUT2D eigenvalue weighted by Gasteiger charge is -2.35. The lowest BCUT2D eigenvalue weighted by atomic mass is 9.70. The minimum Gasteiger partial charge on any atom is -0.505 e. The van der Waals surface area contributed by atoms with Crippen molar-refractivity contribution in [3.63, 3.8) is 0 Å². The molecule has 0 aliphatic rings. The molecule has 3 heteroatoms. The fourth-order valence-corrected chi connectivity index (χ4v) is 4.58. The monoisotopic (exact) mass is 361 g/mol. The van der Waals surface area contributed by atoms with Gasteiger partial charge in [0.1, 0.15) is 11.3 Å². The summed E-state index contributed by atoms with van der Waals surface area (Å²) < 4.78 is 0. The van der Waals surface area contributed by atoms with E-state index in [0.717, 1.165) is 35.9 Å². The van der Waals surface area contributed by atoms with E-state index in [9.17, 15) is 5.11 Å². The number of aromatic hydroxyl groups is 1. The summed E-state index contributed by atoms with van der Waals surface area (Å²) in [7, 11) is 0. The number of rotatable bonds is 5. The van der Waals surface area contributed by atoms with Gasteiger partial charge in [-0.25, -0.2) is 4.98 Å². The molecule has 0 amide bonds. The van der Waals surface area contributed by atoms with Gasteiger partial charge >= 0.3 is 0 Å². The molecular weight excluding hydrogens is 330 g/mol. The van der Waals surface area contributed by atoms with Gasteiger partial charge in [0, 0.05) is 16.6 Å². The molecule has 2 aromatic rings. The van der Waals surface area contributed by atoms with Crippen LogP contribution < -0.4 is 0 Å². The Bertz CT molecular complexity index is 759. The molecule has 0 aliphatic heterocycles. The second-order valence-electron chi connectivity index (χ2n) is 9.36. The van der Waals surface area contributed by atoms with Gasteiger partial charge in [-0.05, 0) is 61.1 Å². The zero-order chi connectivity index (χ0) is 19.0. The molecule has 1 heterocycles. The quantitative estimate of drug-likeness (QED) is 0.608. The summed E-state index contributed by atoms with van der Waals surface area (Å²) >= 11 is 6.51. The van der Waals surface area contributed by atoms with Crippen molar-refractivity contribution in [2.75, 3.05) is 0 Å². The SMILES string of the molecule is CCC(CC(C)(C)CC(C)(C)C)c1cc(Cl)c2ccc(C)nc2c1O. The first-order valence-corrected chi connectivity index (χ1v) is 9.60. The van der Waals surface area contributed by atoms with Crippen molar-refractivity contribution in [2.45, 2.75) is 73.6 Å². The third-order valence-corrected chi connectivity index (χ3v) is 5.12. The third-order valence-electron chi connectivity index (χ3n) is 4.81. The second kappa shape index (κ2) is 7.15. The van der Waals surface area contributed by atoms with Gasteiger partial charge in [0.2, 0.25) is 0 Å². The number of nitrogens with zero attached hydrogens (tertiary/aromatic N) is 1. The highest BCUT2D eigenvalue weighted by Gasteiger charge is 2.30. The summed E-state index contributed by atoms with van der Waals surface area (Å²) in [5, 5.41) is 12.4. The van der Waals surface area contributed by atoms with Crippen LogP contribution in [-0.2, 0) is 0 Å². The van der Waals surface area contributed by atoms with E-state index in [0.29, 0.717) is 16.3 Å². The Kier molecular flexibility index (Phi) is 5.73. The minimum atomic E-state index is 0.187. The highest BCUT2D eigenvalue weighted by atomic mass is 35.5. The van der Waals surface area contributed by atoms with Crippen LogP contribution in [0.3, 0.4) is 0 Å². The van der Waals surface area contributed by atoms with Crippen LogP contribution in [-0.4, -0.2) is 10.1 Å². The van der Waals surface area contributed by atoms with Gasteiger partial charge in [-0.15, -0.1) is 0 Å². The number of pyridine rings is 1. The van der Waals surface area contributed by atoms with Crippen LogP contribution in [0.1, 0.15) is 78.0 Å². The average Bonchev–Trinajstić information content (AvgIpc) is 2.46. The summed E-state index contributed by atoms with van der Waals surface area (Å²) in [5.74, 6) is 0.558. The number of phenols is 1. The number of fused-ring (bicyclic) bond motifs is 1. The standard InChI is InChI=1S/C22H32ClNO/c1-8-15(12-22(6,7)13-21(3,4)5)17-11-18(23)16-10-9-14(2)24-19(16)20(17)25/h9-11,15,25H,8,12-13H2,1-7H3. The normalized spacial score (nSPS) is 14.1. The van der Waals surface area contributed by atoms with Crippen LogP contribution in [0.15, 0.2) is 18.2 Å². The second-order valence-corrected chi connectivity index (χ2v) is 9.76. The fourth-order valence-electron chi connectivity index (χ4n) is 4.31. The van der Waals surface area contributed by atoms with E-state index in [4.69, 9.17) is 11.6 Å². The molecule has 2 nitrogen and oxygen atoms in total.